The van der Waals surface area contributed by atoms with Crippen molar-refractivity contribution in [2.75, 3.05) is 5.32 Å². The Morgan fingerprint density at radius 3 is 2.77 bits per heavy atom. The molecule has 1 aliphatic heterocycles. The number of halogens is 2. The third kappa shape index (κ3) is 4.05. The summed E-state index contributed by atoms with van der Waals surface area (Å²) in [6.07, 6.45) is 5.83. The summed E-state index contributed by atoms with van der Waals surface area (Å²) in [5.41, 5.74) is 0.749. The summed E-state index contributed by atoms with van der Waals surface area (Å²) in [5, 5.41) is 16.1. The van der Waals surface area contributed by atoms with Gasteiger partial charge in [-0.3, -0.25) is 14.6 Å². The van der Waals surface area contributed by atoms with Crippen LogP contribution in [0.4, 0.5) is 14.5 Å². The Labute approximate surface area is 176 Å². The standard InChI is InChI=1S/C21H21F2N5O3/c1-12-3-2-4-17(27-8-6-14(29)10-18(27)30)15-9-13(5-7-24-15)19-16(26-20(12)31)11-25-28(19)21(22)23/h5-12,17,21,29H,2-4H2,1H3,(H,26,31). The molecule has 0 fully saturated rings. The molecule has 31 heavy (non-hydrogen) atoms. The Morgan fingerprint density at radius 2 is 2.03 bits per heavy atom. The largest absolute Gasteiger partial charge is 0.508 e. The molecule has 0 spiro atoms. The van der Waals surface area contributed by atoms with Crippen molar-refractivity contribution in [3.8, 4) is 17.0 Å². The van der Waals surface area contributed by atoms with E-state index in [-0.39, 0.29) is 29.0 Å². The van der Waals surface area contributed by atoms with E-state index in [0.29, 0.717) is 35.2 Å². The van der Waals surface area contributed by atoms with Crippen molar-refractivity contribution in [2.24, 2.45) is 5.92 Å². The number of carbonyl (C=O) groups excluding carboxylic acids is 1. The first kappa shape index (κ1) is 20.7. The van der Waals surface area contributed by atoms with Crippen molar-refractivity contribution < 1.29 is 18.7 Å². The first-order valence-electron chi connectivity index (χ1n) is 9.89. The van der Waals surface area contributed by atoms with E-state index in [1.54, 1.807) is 19.1 Å². The van der Waals surface area contributed by atoms with Crippen molar-refractivity contribution in [3.63, 3.8) is 0 Å². The number of hydrogen-bond donors (Lipinski definition) is 2. The summed E-state index contributed by atoms with van der Waals surface area (Å²) < 4.78 is 29.2. The maximum atomic E-state index is 13.6. The highest BCUT2D eigenvalue weighted by atomic mass is 19.3. The minimum atomic E-state index is -2.90. The zero-order valence-corrected chi connectivity index (χ0v) is 16.7. The molecule has 4 heterocycles. The molecule has 0 saturated heterocycles. The van der Waals surface area contributed by atoms with Crippen LogP contribution in [-0.2, 0) is 4.79 Å². The summed E-state index contributed by atoms with van der Waals surface area (Å²) in [4.78, 5) is 29.5. The molecule has 2 unspecified atom stereocenters. The summed E-state index contributed by atoms with van der Waals surface area (Å²) in [7, 11) is 0. The molecule has 1 aliphatic rings. The number of rotatable bonds is 2. The van der Waals surface area contributed by atoms with Gasteiger partial charge in [0.25, 0.3) is 5.56 Å². The minimum Gasteiger partial charge on any atom is -0.508 e. The van der Waals surface area contributed by atoms with Crippen LogP contribution in [0.1, 0.15) is 44.5 Å². The third-order valence-electron chi connectivity index (χ3n) is 5.46. The highest BCUT2D eigenvalue weighted by Crippen LogP contribution is 2.34. The lowest BCUT2D eigenvalue weighted by atomic mass is 9.97. The predicted octanol–water partition coefficient (Wildman–Crippen LogP) is 3.56. The highest BCUT2D eigenvalue weighted by Gasteiger charge is 2.25. The Bertz CT molecular complexity index is 1170. The van der Waals surface area contributed by atoms with Crippen molar-refractivity contribution in [2.45, 2.75) is 38.8 Å². The van der Waals surface area contributed by atoms with Crippen LogP contribution >= 0.6 is 0 Å². The van der Waals surface area contributed by atoms with Gasteiger partial charge in [0.15, 0.2) is 0 Å². The van der Waals surface area contributed by atoms with Crippen LogP contribution in [0.2, 0.25) is 0 Å². The Hall–Kier alpha value is -3.56. The number of nitrogens with zero attached hydrogens (tertiary/aromatic N) is 4. The molecule has 2 N–H and O–H groups in total. The molecular formula is C21H21F2N5O3. The van der Waals surface area contributed by atoms with E-state index in [9.17, 15) is 23.5 Å². The molecule has 0 aromatic carbocycles. The second kappa shape index (κ2) is 8.29. The van der Waals surface area contributed by atoms with Gasteiger partial charge in [0, 0.05) is 29.9 Å². The summed E-state index contributed by atoms with van der Waals surface area (Å²) in [5.74, 6) is -0.805. The Morgan fingerprint density at radius 1 is 1.23 bits per heavy atom. The second-order valence-electron chi connectivity index (χ2n) is 7.57. The maximum Gasteiger partial charge on any atom is 0.333 e. The fourth-order valence-electron chi connectivity index (χ4n) is 3.84. The fourth-order valence-corrected chi connectivity index (χ4v) is 3.84. The van der Waals surface area contributed by atoms with Crippen LogP contribution in [0.15, 0.2) is 47.7 Å². The lowest BCUT2D eigenvalue weighted by Crippen LogP contribution is -2.26. The minimum absolute atomic E-state index is 0.0663. The number of aromatic hydroxyl groups is 1. The molecule has 0 saturated carbocycles. The number of carbonyl (C=O) groups is 1. The topological polar surface area (TPSA) is 102 Å². The van der Waals surface area contributed by atoms with E-state index in [1.165, 1.54) is 29.2 Å². The van der Waals surface area contributed by atoms with Crippen LogP contribution in [0, 0.1) is 5.92 Å². The lowest BCUT2D eigenvalue weighted by molar-refractivity contribution is -0.119. The van der Waals surface area contributed by atoms with E-state index in [1.807, 2.05) is 0 Å². The zero-order chi connectivity index (χ0) is 22.1. The van der Waals surface area contributed by atoms with Crippen molar-refractivity contribution in [3.05, 3.63) is 58.9 Å². The highest BCUT2D eigenvalue weighted by molar-refractivity contribution is 5.95. The molecule has 0 radical (unpaired) electrons. The van der Waals surface area contributed by atoms with Crippen molar-refractivity contribution >= 4 is 11.6 Å². The molecule has 1 amide bonds. The van der Waals surface area contributed by atoms with E-state index in [4.69, 9.17) is 0 Å². The van der Waals surface area contributed by atoms with Crippen LogP contribution in [0.5, 0.6) is 5.75 Å². The van der Waals surface area contributed by atoms with Gasteiger partial charge in [0.2, 0.25) is 5.91 Å². The normalized spacial score (nSPS) is 19.3. The molecule has 3 aromatic heterocycles. The molecule has 0 aliphatic carbocycles. The van der Waals surface area contributed by atoms with Crippen LogP contribution < -0.4 is 10.9 Å². The van der Waals surface area contributed by atoms with Gasteiger partial charge in [0.1, 0.15) is 5.75 Å². The molecule has 4 rings (SSSR count). The lowest BCUT2D eigenvalue weighted by Gasteiger charge is -2.22. The number of aromatic nitrogens is 4. The van der Waals surface area contributed by atoms with Gasteiger partial charge in [-0.1, -0.05) is 13.3 Å². The predicted molar refractivity (Wildman–Crippen MR) is 109 cm³/mol. The molecular weight excluding hydrogens is 408 g/mol. The van der Waals surface area contributed by atoms with E-state index >= 15 is 0 Å². The number of nitrogens with one attached hydrogen (secondary N) is 1. The first-order chi connectivity index (χ1) is 14.8. The van der Waals surface area contributed by atoms with Gasteiger partial charge in [-0.15, -0.1) is 0 Å². The molecule has 2 atom stereocenters. The number of fused-ring (bicyclic) bond motifs is 4. The summed E-state index contributed by atoms with van der Waals surface area (Å²) >= 11 is 0. The quantitative estimate of drug-likeness (QED) is 0.649. The molecule has 3 aromatic rings. The molecule has 10 heteroatoms. The summed E-state index contributed by atoms with van der Waals surface area (Å²) in [6, 6.07) is 5.21. The van der Waals surface area contributed by atoms with E-state index in [2.05, 4.69) is 15.4 Å². The van der Waals surface area contributed by atoms with Gasteiger partial charge in [-0.25, -0.2) is 4.68 Å². The second-order valence-corrected chi connectivity index (χ2v) is 7.57. The van der Waals surface area contributed by atoms with Crippen LogP contribution in [0.25, 0.3) is 11.3 Å². The summed E-state index contributed by atoms with van der Waals surface area (Å²) in [6.45, 7) is -1.14. The SMILES string of the molecule is CC1CCCC(n2ccc(O)cc2=O)c2cc(ccn2)-c2c(cnn2C(F)F)NC1=O. The van der Waals surface area contributed by atoms with Gasteiger partial charge >= 0.3 is 6.55 Å². The zero-order valence-electron chi connectivity index (χ0n) is 16.7. The van der Waals surface area contributed by atoms with Gasteiger partial charge in [-0.05, 0) is 31.0 Å². The number of hydrogen-bond acceptors (Lipinski definition) is 5. The smallest absolute Gasteiger partial charge is 0.333 e. The van der Waals surface area contributed by atoms with E-state index in [0.717, 1.165) is 6.07 Å². The van der Waals surface area contributed by atoms with Gasteiger partial charge < -0.3 is 15.0 Å². The fraction of sp³-hybridized carbons (Fsp3) is 0.333. The average molecular weight is 429 g/mol. The molecule has 8 nitrogen and oxygen atoms in total. The number of anilines is 1. The van der Waals surface area contributed by atoms with Gasteiger partial charge in [-0.2, -0.15) is 13.9 Å². The van der Waals surface area contributed by atoms with Crippen molar-refractivity contribution in [1.29, 1.82) is 0 Å². The molecule has 162 valence electrons. The van der Waals surface area contributed by atoms with Crippen LogP contribution in [-0.4, -0.2) is 30.3 Å². The first-order valence-corrected chi connectivity index (χ1v) is 9.89. The number of amides is 1. The van der Waals surface area contributed by atoms with E-state index < -0.39 is 18.2 Å². The van der Waals surface area contributed by atoms with Crippen LogP contribution in [0.3, 0.4) is 0 Å². The number of pyridine rings is 2. The van der Waals surface area contributed by atoms with Crippen molar-refractivity contribution in [1.82, 2.24) is 19.3 Å². The third-order valence-corrected chi connectivity index (χ3v) is 5.46. The van der Waals surface area contributed by atoms with Gasteiger partial charge in [0.05, 0.1) is 29.3 Å². The average Bonchev–Trinajstić information content (AvgIpc) is 3.15. The number of alkyl halides is 2. The Balaban J connectivity index is 1.90. The Kier molecular flexibility index (Phi) is 5.53. The monoisotopic (exact) mass is 429 g/mol. The molecule has 2 bridgehead atoms. The maximum absolute atomic E-state index is 13.6.